The predicted molar refractivity (Wildman–Crippen MR) is 73.9 cm³/mol. The zero-order chi connectivity index (χ0) is 13.3. The molecule has 1 aliphatic rings. The number of nitrogens with zero attached hydrogens (tertiary/aromatic N) is 1. The topological polar surface area (TPSA) is 15.3 Å². The smallest absolute Gasteiger partial charge is 0.142 e. The molecule has 18 heavy (non-hydrogen) atoms. The van der Waals surface area contributed by atoms with E-state index in [0.717, 1.165) is 25.2 Å². The summed E-state index contributed by atoms with van der Waals surface area (Å²) in [7, 11) is 0. The highest BCUT2D eigenvalue weighted by Crippen LogP contribution is 2.32. The molecule has 0 bridgehead atoms. The zero-order valence-electron chi connectivity index (χ0n) is 10.5. The maximum absolute atomic E-state index is 13.6. The van der Waals surface area contributed by atoms with Crippen molar-refractivity contribution in [1.29, 1.82) is 0 Å². The largest absolute Gasteiger partial charge is 0.314 e. The summed E-state index contributed by atoms with van der Waals surface area (Å²) in [6, 6.07) is 3.52. The van der Waals surface area contributed by atoms with Crippen LogP contribution in [0.15, 0.2) is 12.1 Å². The van der Waals surface area contributed by atoms with Crippen LogP contribution in [0.1, 0.15) is 25.5 Å². The molecule has 0 radical (unpaired) electrons. The van der Waals surface area contributed by atoms with Crippen LogP contribution < -0.4 is 5.32 Å². The normalized spacial score (nSPS) is 17.9. The number of likely N-dealkylation sites (N-methyl/N-ethyl adjacent to an activating group) is 1. The standard InChI is InChI=1S/C13H17Cl2FN2/c1-3-18(9-6-17-7-9)8(2)10-4-13(16)12(15)5-11(10)14/h4-5,8-9,17H,3,6-7H2,1-2H3. The molecular weight excluding hydrogens is 274 g/mol. The average Bonchev–Trinajstić information content (AvgIpc) is 2.27. The molecule has 0 aliphatic carbocycles. The van der Waals surface area contributed by atoms with E-state index in [9.17, 15) is 4.39 Å². The van der Waals surface area contributed by atoms with Gasteiger partial charge in [0.25, 0.3) is 0 Å². The van der Waals surface area contributed by atoms with Crippen molar-refractivity contribution in [3.8, 4) is 0 Å². The van der Waals surface area contributed by atoms with Gasteiger partial charge in [-0.1, -0.05) is 30.1 Å². The second kappa shape index (κ2) is 5.74. The van der Waals surface area contributed by atoms with Gasteiger partial charge < -0.3 is 5.32 Å². The molecule has 2 rings (SSSR count). The van der Waals surface area contributed by atoms with Gasteiger partial charge in [-0.2, -0.15) is 0 Å². The zero-order valence-corrected chi connectivity index (χ0v) is 12.0. The molecule has 100 valence electrons. The number of nitrogens with one attached hydrogen (secondary N) is 1. The summed E-state index contributed by atoms with van der Waals surface area (Å²) < 4.78 is 13.6. The van der Waals surface area contributed by atoms with Crippen molar-refractivity contribution in [1.82, 2.24) is 10.2 Å². The Bertz CT molecular complexity index is 435. The van der Waals surface area contributed by atoms with Crippen molar-refractivity contribution in [3.63, 3.8) is 0 Å². The van der Waals surface area contributed by atoms with Crippen molar-refractivity contribution in [2.24, 2.45) is 0 Å². The van der Waals surface area contributed by atoms with Gasteiger partial charge in [-0.15, -0.1) is 0 Å². The quantitative estimate of drug-likeness (QED) is 0.854. The van der Waals surface area contributed by atoms with Gasteiger partial charge in [0.05, 0.1) is 5.02 Å². The first-order valence-electron chi connectivity index (χ1n) is 6.15. The molecule has 2 nitrogen and oxygen atoms in total. The fourth-order valence-corrected chi connectivity index (χ4v) is 2.93. The van der Waals surface area contributed by atoms with Crippen molar-refractivity contribution < 1.29 is 4.39 Å². The Balaban J connectivity index is 2.26. The Morgan fingerprint density at radius 1 is 1.39 bits per heavy atom. The highest BCUT2D eigenvalue weighted by atomic mass is 35.5. The first kappa shape index (κ1) is 14.1. The van der Waals surface area contributed by atoms with Gasteiger partial charge in [-0.05, 0) is 31.2 Å². The van der Waals surface area contributed by atoms with Gasteiger partial charge in [0.15, 0.2) is 0 Å². The van der Waals surface area contributed by atoms with E-state index in [0.29, 0.717) is 11.1 Å². The molecule has 1 fully saturated rings. The summed E-state index contributed by atoms with van der Waals surface area (Å²) in [6.45, 7) is 7.03. The molecule has 1 aliphatic heterocycles. The monoisotopic (exact) mass is 290 g/mol. The van der Waals surface area contributed by atoms with Gasteiger partial charge in [-0.3, -0.25) is 4.90 Å². The SMILES string of the molecule is CCN(C1CNC1)C(C)c1cc(F)c(Cl)cc1Cl. The van der Waals surface area contributed by atoms with Crippen LogP contribution >= 0.6 is 23.2 Å². The Morgan fingerprint density at radius 3 is 2.56 bits per heavy atom. The molecule has 1 aromatic rings. The summed E-state index contributed by atoms with van der Waals surface area (Å²) in [6.07, 6.45) is 0. The minimum Gasteiger partial charge on any atom is -0.314 e. The number of rotatable bonds is 4. The van der Waals surface area contributed by atoms with E-state index in [1.165, 1.54) is 12.1 Å². The molecule has 1 unspecified atom stereocenters. The van der Waals surface area contributed by atoms with Crippen LogP contribution in [-0.2, 0) is 0 Å². The number of hydrogen-bond acceptors (Lipinski definition) is 2. The van der Waals surface area contributed by atoms with Gasteiger partial charge in [0.2, 0.25) is 0 Å². The van der Waals surface area contributed by atoms with Gasteiger partial charge >= 0.3 is 0 Å². The van der Waals surface area contributed by atoms with Crippen LogP contribution in [0.25, 0.3) is 0 Å². The van der Waals surface area contributed by atoms with Crippen molar-refractivity contribution in [3.05, 3.63) is 33.6 Å². The third-order valence-electron chi connectivity index (χ3n) is 3.58. The van der Waals surface area contributed by atoms with Crippen LogP contribution in [0.2, 0.25) is 10.0 Å². The van der Waals surface area contributed by atoms with Crippen LogP contribution in [-0.4, -0.2) is 30.6 Å². The van der Waals surface area contributed by atoms with E-state index in [-0.39, 0.29) is 11.1 Å². The summed E-state index contributed by atoms with van der Waals surface area (Å²) in [4.78, 5) is 2.32. The second-order valence-electron chi connectivity index (χ2n) is 4.61. The molecule has 1 N–H and O–H groups in total. The second-order valence-corrected chi connectivity index (χ2v) is 5.42. The Hall–Kier alpha value is -0.350. The van der Waals surface area contributed by atoms with E-state index in [2.05, 4.69) is 24.1 Å². The summed E-state index contributed by atoms with van der Waals surface area (Å²) >= 11 is 11.9. The van der Waals surface area contributed by atoms with E-state index >= 15 is 0 Å². The molecule has 1 aromatic carbocycles. The third kappa shape index (κ3) is 2.64. The molecule has 0 spiro atoms. The number of benzene rings is 1. The minimum absolute atomic E-state index is 0.0734. The third-order valence-corrected chi connectivity index (χ3v) is 4.20. The predicted octanol–water partition coefficient (Wildman–Crippen LogP) is 3.49. The van der Waals surface area contributed by atoms with Crippen LogP contribution in [0.4, 0.5) is 4.39 Å². The maximum atomic E-state index is 13.6. The van der Waals surface area contributed by atoms with Crippen LogP contribution in [0, 0.1) is 5.82 Å². The maximum Gasteiger partial charge on any atom is 0.142 e. The molecule has 5 heteroatoms. The average molecular weight is 291 g/mol. The Labute approximate surface area is 117 Å². The highest BCUT2D eigenvalue weighted by molar-refractivity contribution is 6.35. The van der Waals surface area contributed by atoms with Gasteiger partial charge in [0, 0.05) is 30.2 Å². The van der Waals surface area contributed by atoms with Crippen molar-refractivity contribution in [2.75, 3.05) is 19.6 Å². The lowest BCUT2D eigenvalue weighted by Gasteiger charge is -2.41. The van der Waals surface area contributed by atoms with Crippen LogP contribution in [0.5, 0.6) is 0 Å². The number of halogens is 3. The van der Waals surface area contributed by atoms with Crippen LogP contribution in [0.3, 0.4) is 0 Å². The lowest BCUT2D eigenvalue weighted by atomic mass is 10.0. The summed E-state index contributed by atoms with van der Waals surface area (Å²) in [5, 5.41) is 3.85. The van der Waals surface area contributed by atoms with E-state index < -0.39 is 5.82 Å². The molecule has 0 aromatic heterocycles. The number of hydrogen-bond donors (Lipinski definition) is 1. The van der Waals surface area contributed by atoms with Crippen molar-refractivity contribution in [2.45, 2.75) is 25.9 Å². The lowest BCUT2D eigenvalue weighted by molar-refractivity contribution is 0.109. The molecular formula is C13H17Cl2FN2. The fourth-order valence-electron chi connectivity index (χ4n) is 2.39. The first-order chi connectivity index (χ1) is 8.54. The molecule has 1 heterocycles. The summed E-state index contributed by atoms with van der Waals surface area (Å²) in [5.41, 5.74) is 0.798. The van der Waals surface area contributed by atoms with E-state index in [1.54, 1.807) is 0 Å². The van der Waals surface area contributed by atoms with Crippen molar-refractivity contribution >= 4 is 23.2 Å². The summed E-state index contributed by atoms with van der Waals surface area (Å²) in [5.74, 6) is -0.411. The Morgan fingerprint density at radius 2 is 2.06 bits per heavy atom. The lowest BCUT2D eigenvalue weighted by Crippen LogP contribution is -2.57. The molecule has 0 amide bonds. The molecule has 1 atom stereocenters. The van der Waals surface area contributed by atoms with E-state index in [1.807, 2.05) is 0 Å². The van der Waals surface area contributed by atoms with Gasteiger partial charge in [-0.25, -0.2) is 4.39 Å². The molecule has 1 saturated heterocycles. The minimum atomic E-state index is -0.411. The van der Waals surface area contributed by atoms with E-state index in [4.69, 9.17) is 23.2 Å². The Kier molecular flexibility index (Phi) is 4.49. The first-order valence-corrected chi connectivity index (χ1v) is 6.91. The fraction of sp³-hybridized carbons (Fsp3) is 0.538. The molecule has 0 saturated carbocycles. The van der Waals surface area contributed by atoms with Gasteiger partial charge in [0.1, 0.15) is 5.82 Å². The highest BCUT2D eigenvalue weighted by Gasteiger charge is 2.29.